The molecule has 0 radical (unpaired) electrons. The fourth-order valence-electron chi connectivity index (χ4n) is 2.69. The first-order valence-corrected chi connectivity index (χ1v) is 10.8. The minimum Gasteiger partial charge on any atom is -0.494 e. The molecule has 0 atom stereocenters. The summed E-state index contributed by atoms with van der Waals surface area (Å²) >= 11 is 1.05. The number of amides is 1. The number of aromatic nitrogens is 2. The highest BCUT2D eigenvalue weighted by Crippen LogP contribution is 2.23. The highest BCUT2D eigenvalue weighted by atomic mass is 32.2. The molecule has 0 bridgehead atoms. The molecule has 2 N–H and O–H groups in total. The molecule has 162 valence electrons. The van der Waals surface area contributed by atoms with Crippen molar-refractivity contribution in [2.45, 2.75) is 33.1 Å². The van der Waals surface area contributed by atoms with Crippen molar-refractivity contribution in [1.29, 1.82) is 0 Å². The average molecular weight is 433 g/mol. The molecule has 0 aliphatic rings. The number of aromatic hydroxyl groups is 1. The SMILES string of the molecule is CCCCNC(=O)CSC(=Nc1ccc(CC)cc1)c1c(O)n(C)c(=O)n(C)c1=O. The van der Waals surface area contributed by atoms with E-state index in [4.69, 9.17) is 0 Å². The predicted molar refractivity (Wildman–Crippen MR) is 121 cm³/mol. The summed E-state index contributed by atoms with van der Waals surface area (Å²) in [4.78, 5) is 41.5. The highest BCUT2D eigenvalue weighted by Gasteiger charge is 2.21. The highest BCUT2D eigenvalue weighted by molar-refractivity contribution is 8.15. The number of hydrogen-bond acceptors (Lipinski definition) is 6. The van der Waals surface area contributed by atoms with E-state index in [1.807, 2.05) is 38.1 Å². The summed E-state index contributed by atoms with van der Waals surface area (Å²) in [5.41, 5.74) is 0.301. The maximum absolute atomic E-state index is 12.7. The molecule has 1 heterocycles. The molecule has 0 saturated carbocycles. The topological polar surface area (TPSA) is 106 Å². The van der Waals surface area contributed by atoms with Crippen LogP contribution in [0.4, 0.5) is 5.69 Å². The molecule has 8 nitrogen and oxygen atoms in total. The molecule has 2 rings (SSSR count). The molecule has 0 aliphatic carbocycles. The molecule has 0 fully saturated rings. The second-order valence-electron chi connectivity index (χ2n) is 6.83. The minimum absolute atomic E-state index is 0.0288. The number of unbranched alkanes of at least 4 members (excludes halogenated alkanes) is 1. The minimum atomic E-state index is -0.668. The van der Waals surface area contributed by atoms with Crippen LogP contribution in [0.5, 0.6) is 5.88 Å². The van der Waals surface area contributed by atoms with Crippen LogP contribution in [0.25, 0.3) is 0 Å². The fourth-order valence-corrected chi connectivity index (χ4v) is 3.56. The largest absolute Gasteiger partial charge is 0.494 e. The zero-order valence-electron chi connectivity index (χ0n) is 17.8. The Morgan fingerprint density at radius 2 is 1.80 bits per heavy atom. The van der Waals surface area contributed by atoms with Crippen LogP contribution < -0.4 is 16.6 Å². The van der Waals surface area contributed by atoms with Gasteiger partial charge in [-0.1, -0.05) is 44.2 Å². The van der Waals surface area contributed by atoms with E-state index < -0.39 is 17.1 Å². The molecule has 9 heteroatoms. The number of hydrogen-bond donors (Lipinski definition) is 2. The van der Waals surface area contributed by atoms with Gasteiger partial charge in [0.25, 0.3) is 5.56 Å². The Bertz CT molecular complexity index is 1040. The standard InChI is InChI=1S/C21H28N4O4S/c1-5-7-12-22-16(26)13-30-18(23-15-10-8-14(6-2)9-11-15)17-19(27)24(3)21(29)25(4)20(17)28/h8-11,27H,5-7,12-13H2,1-4H3,(H,22,26). The first kappa shape index (κ1) is 23.5. The van der Waals surface area contributed by atoms with Crippen LogP contribution in [0.1, 0.15) is 37.8 Å². The number of benzene rings is 1. The van der Waals surface area contributed by atoms with Gasteiger partial charge in [-0.15, -0.1) is 0 Å². The number of nitrogens with zero attached hydrogens (tertiary/aromatic N) is 3. The maximum Gasteiger partial charge on any atom is 0.333 e. The van der Waals surface area contributed by atoms with Gasteiger partial charge in [-0.25, -0.2) is 9.79 Å². The lowest BCUT2D eigenvalue weighted by molar-refractivity contribution is -0.118. The van der Waals surface area contributed by atoms with Crippen molar-refractivity contribution >= 4 is 28.4 Å². The van der Waals surface area contributed by atoms with Gasteiger partial charge in [0.05, 0.1) is 11.4 Å². The van der Waals surface area contributed by atoms with Crippen molar-refractivity contribution in [2.24, 2.45) is 19.1 Å². The fraction of sp³-hybridized carbons (Fsp3) is 0.429. The van der Waals surface area contributed by atoms with Crippen molar-refractivity contribution in [3.05, 3.63) is 56.2 Å². The third-order valence-corrected chi connectivity index (χ3v) is 5.59. The molecule has 0 saturated heterocycles. The van der Waals surface area contributed by atoms with E-state index in [-0.39, 0.29) is 22.3 Å². The van der Waals surface area contributed by atoms with Crippen LogP contribution in [0, 0.1) is 0 Å². The quantitative estimate of drug-likeness (QED) is 0.377. The number of rotatable bonds is 8. The number of thioether (sulfide) groups is 1. The molecule has 1 amide bonds. The second kappa shape index (κ2) is 10.8. The zero-order valence-corrected chi connectivity index (χ0v) is 18.6. The lowest BCUT2D eigenvalue weighted by Crippen LogP contribution is -2.39. The van der Waals surface area contributed by atoms with E-state index in [2.05, 4.69) is 10.3 Å². The van der Waals surface area contributed by atoms with Gasteiger partial charge >= 0.3 is 5.69 Å². The van der Waals surface area contributed by atoms with Gasteiger partial charge in [0.15, 0.2) is 0 Å². The van der Waals surface area contributed by atoms with Gasteiger partial charge in [-0.2, -0.15) is 0 Å². The third kappa shape index (κ3) is 5.63. The van der Waals surface area contributed by atoms with Crippen molar-refractivity contribution in [1.82, 2.24) is 14.5 Å². The van der Waals surface area contributed by atoms with Gasteiger partial charge < -0.3 is 10.4 Å². The summed E-state index contributed by atoms with van der Waals surface area (Å²) in [5.74, 6) is -0.643. The van der Waals surface area contributed by atoms with Crippen LogP contribution in [-0.2, 0) is 25.3 Å². The van der Waals surface area contributed by atoms with E-state index in [0.717, 1.165) is 45.7 Å². The van der Waals surface area contributed by atoms with Gasteiger partial charge in [0.1, 0.15) is 10.6 Å². The van der Waals surface area contributed by atoms with Gasteiger partial charge in [-0.05, 0) is 30.5 Å². The Balaban J connectivity index is 2.46. The smallest absolute Gasteiger partial charge is 0.333 e. The predicted octanol–water partition coefficient (Wildman–Crippen LogP) is 2.08. The third-order valence-electron chi connectivity index (χ3n) is 4.62. The molecule has 0 spiro atoms. The number of nitrogens with one attached hydrogen (secondary N) is 1. The Kier molecular flexibility index (Phi) is 8.46. The van der Waals surface area contributed by atoms with Crippen molar-refractivity contribution in [3.63, 3.8) is 0 Å². The second-order valence-corrected chi connectivity index (χ2v) is 7.80. The van der Waals surface area contributed by atoms with E-state index in [9.17, 15) is 19.5 Å². The first-order valence-electron chi connectivity index (χ1n) is 9.86. The molecule has 0 unspecified atom stereocenters. The lowest BCUT2D eigenvalue weighted by Gasteiger charge is -2.12. The summed E-state index contributed by atoms with van der Waals surface area (Å²) in [6, 6.07) is 7.48. The molecule has 1 aromatic heterocycles. The van der Waals surface area contributed by atoms with E-state index >= 15 is 0 Å². The molecule has 1 aromatic carbocycles. The normalized spacial score (nSPS) is 11.5. The van der Waals surface area contributed by atoms with Crippen LogP contribution in [0.3, 0.4) is 0 Å². The first-order chi connectivity index (χ1) is 14.3. The van der Waals surface area contributed by atoms with Crippen LogP contribution in [0.15, 0.2) is 38.8 Å². The number of aryl methyl sites for hydroxylation is 1. The van der Waals surface area contributed by atoms with Crippen molar-refractivity contribution < 1.29 is 9.90 Å². The van der Waals surface area contributed by atoms with Crippen LogP contribution >= 0.6 is 11.8 Å². The summed E-state index contributed by atoms with van der Waals surface area (Å²) in [5, 5.41) is 13.5. The van der Waals surface area contributed by atoms with Gasteiger partial charge in [0.2, 0.25) is 11.8 Å². The van der Waals surface area contributed by atoms with Gasteiger partial charge in [-0.3, -0.25) is 18.7 Å². The van der Waals surface area contributed by atoms with E-state index in [1.54, 1.807) is 0 Å². The van der Waals surface area contributed by atoms with Crippen molar-refractivity contribution in [3.8, 4) is 5.88 Å². The van der Waals surface area contributed by atoms with E-state index in [1.165, 1.54) is 14.1 Å². The Morgan fingerprint density at radius 1 is 1.13 bits per heavy atom. The summed E-state index contributed by atoms with van der Waals surface area (Å²) < 4.78 is 1.89. The summed E-state index contributed by atoms with van der Waals surface area (Å²) in [7, 11) is 2.71. The average Bonchev–Trinajstić information content (AvgIpc) is 2.75. The monoisotopic (exact) mass is 432 g/mol. The molecular weight excluding hydrogens is 404 g/mol. The lowest BCUT2D eigenvalue weighted by atomic mass is 10.1. The van der Waals surface area contributed by atoms with Crippen LogP contribution in [-0.4, -0.2) is 37.5 Å². The number of carbonyl (C=O) groups excluding carboxylic acids is 1. The van der Waals surface area contributed by atoms with Crippen molar-refractivity contribution in [2.75, 3.05) is 12.3 Å². The molecule has 0 aliphatic heterocycles. The molecule has 2 aromatic rings. The number of carbonyl (C=O) groups is 1. The maximum atomic E-state index is 12.7. The molecule has 30 heavy (non-hydrogen) atoms. The van der Waals surface area contributed by atoms with Gasteiger partial charge in [0, 0.05) is 20.6 Å². The summed E-state index contributed by atoms with van der Waals surface area (Å²) in [6.07, 6.45) is 2.73. The number of aliphatic imine (C=N–C) groups is 1. The van der Waals surface area contributed by atoms with Crippen LogP contribution in [0.2, 0.25) is 0 Å². The Hall–Kier alpha value is -2.81. The Morgan fingerprint density at radius 3 is 2.40 bits per heavy atom. The summed E-state index contributed by atoms with van der Waals surface area (Å²) in [6.45, 7) is 4.66. The zero-order chi connectivity index (χ0) is 22.3. The van der Waals surface area contributed by atoms with E-state index in [0.29, 0.717) is 12.2 Å². The Labute approximate surface area is 179 Å². The molecular formula is C21H28N4O4S.